The van der Waals surface area contributed by atoms with Gasteiger partial charge < -0.3 is 15.2 Å². The van der Waals surface area contributed by atoms with Crippen LogP contribution in [0.4, 0.5) is 0 Å². The van der Waals surface area contributed by atoms with E-state index in [2.05, 4.69) is 4.98 Å². The van der Waals surface area contributed by atoms with Gasteiger partial charge in [0.05, 0.1) is 0 Å². The fourth-order valence-corrected chi connectivity index (χ4v) is 0.587. The fraction of sp³-hybridized carbons (Fsp3) is 0. The average molecular weight is 192 g/mol. The molecule has 0 saturated carbocycles. The maximum atomic E-state index is 10.6. The second kappa shape index (κ2) is 3.77. The van der Waals surface area contributed by atoms with Crippen LogP contribution in [0.3, 0.4) is 0 Å². The number of aromatic nitrogens is 1. The van der Waals surface area contributed by atoms with E-state index < -0.39 is 17.1 Å². The van der Waals surface area contributed by atoms with Crippen molar-refractivity contribution in [2.24, 2.45) is 0 Å². The van der Waals surface area contributed by atoms with Gasteiger partial charge in [-0.15, -0.1) is 12.4 Å². The van der Waals surface area contributed by atoms with Crippen LogP contribution in [0.15, 0.2) is 17.1 Å². The molecule has 1 aromatic heterocycles. The summed E-state index contributed by atoms with van der Waals surface area (Å²) in [6.45, 7) is 0. The van der Waals surface area contributed by atoms with Crippen LogP contribution in [0.25, 0.3) is 0 Å². The maximum absolute atomic E-state index is 10.6. The Bertz CT molecular complexity index is 346. The Balaban J connectivity index is 0.00000121. The van der Waals surface area contributed by atoms with Crippen molar-refractivity contribution in [3.63, 3.8) is 0 Å². The smallest absolute Gasteiger partial charge is 0.352 e. The van der Waals surface area contributed by atoms with Crippen LogP contribution < -0.4 is 5.43 Å². The molecule has 0 spiro atoms. The number of halogens is 1. The second-order valence-electron chi connectivity index (χ2n) is 1.90. The number of carbonyl (C=O) groups is 1. The number of aromatic amines is 1. The molecule has 1 aromatic rings. The number of carboxylic acids is 1. The minimum absolute atomic E-state index is 0. The van der Waals surface area contributed by atoms with Gasteiger partial charge in [0, 0.05) is 12.3 Å². The first-order valence-corrected chi connectivity index (χ1v) is 2.76. The first-order valence-electron chi connectivity index (χ1n) is 2.76. The molecule has 6 heteroatoms. The Morgan fingerprint density at radius 1 is 1.50 bits per heavy atom. The normalized spacial score (nSPS) is 8.67. The molecule has 0 fully saturated rings. The van der Waals surface area contributed by atoms with Crippen molar-refractivity contribution in [2.45, 2.75) is 0 Å². The predicted octanol–water partition coefficient (Wildman–Crippen LogP) is 0.200. The second-order valence-corrected chi connectivity index (χ2v) is 1.90. The van der Waals surface area contributed by atoms with Crippen molar-refractivity contribution in [3.05, 3.63) is 28.2 Å². The van der Waals surface area contributed by atoms with Crippen LogP contribution in [-0.4, -0.2) is 21.2 Å². The zero-order valence-electron chi connectivity index (χ0n) is 5.77. The molecule has 0 aromatic carbocycles. The molecule has 1 heterocycles. The van der Waals surface area contributed by atoms with Gasteiger partial charge in [-0.3, -0.25) is 4.79 Å². The Kier molecular flexibility index (Phi) is 3.30. The van der Waals surface area contributed by atoms with Crippen LogP contribution in [0.5, 0.6) is 5.75 Å². The summed E-state index contributed by atoms with van der Waals surface area (Å²) in [6.07, 6.45) is 0.936. The van der Waals surface area contributed by atoms with E-state index in [0.29, 0.717) is 0 Å². The van der Waals surface area contributed by atoms with E-state index in [1.165, 1.54) is 0 Å². The lowest BCUT2D eigenvalue weighted by Gasteiger charge is -1.92. The highest BCUT2D eigenvalue weighted by atomic mass is 35.5. The number of nitrogens with one attached hydrogen (secondary N) is 1. The maximum Gasteiger partial charge on any atom is 0.352 e. The van der Waals surface area contributed by atoms with Crippen molar-refractivity contribution >= 4 is 18.4 Å². The van der Waals surface area contributed by atoms with Crippen molar-refractivity contribution in [3.8, 4) is 5.75 Å². The minimum Gasteiger partial charge on any atom is -0.503 e. The lowest BCUT2D eigenvalue weighted by Crippen LogP contribution is -2.07. The standard InChI is InChI=1S/C6H5NO4.ClH/c8-4-1-3(6(10)11)7-2-5(4)9;/h1-2,9H,(H,7,8)(H,10,11);1H. The summed E-state index contributed by atoms with van der Waals surface area (Å²) in [5.41, 5.74) is -0.950. The number of pyridine rings is 1. The molecule has 0 unspecified atom stereocenters. The molecule has 12 heavy (non-hydrogen) atoms. The van der Waals surface area contributed by atoms with Crippen molar-refractivity contribution in [2.75, 3.05) is 0 Å². The van der Waals surface area contributed by atoms with E-state index in [1.807, 2.05) is 0 Å². The molecular weight excluding hydrogens is 186 g/mol. The lowest BCUT2D eigenvalue weighted by atomic mass is 10.3. The summed E-state index contributed by atoms with van der Waals surface area (Å²) < 4.78 is 0. The number of aromatic carboxylic acids is 1. The lowest BCUT2D eigenvalue weighted by molar-refractivity contribution is 0.0690. The summed E-state index contributed by atoms with van der Waals surface area (Å²) in [7, 11) is 0. The van der Waals surface area contributed by atoms with E-state index in [0.717, 1.165) is 12.3 Å². The Morgan fingerprint density at radius 3 is 2.50 bits per heavy atom. The van der Waals surface area contributed by atoms with Gasteiger partial charge in [-0.2, -0.15) is 0 Å². The van der Waals surface area contributed by atoms with Gasteiger partial charge in [-0.1, -0.05) is 0 Å². The molecule has 1 rings (SSSR count). The highest BCUT2D eigenvalue weighted by Gasteiger charge is 2.04. The molecule has 0 aliphatic heterocycles. The molecule has 5 nitrogen and oxygen atoms in total. The van der Waals surface area contributed by atoms with Crippen LogP contribution >= 0.6 is 12.4 Å². The number of hydrogen-bond acceptors (Lipinski definition) is 3. The van der Waals surface area contributed by atoms with E-state index in [1.54, 1.807) is 0 Å². The number of aromatic hydroxyl groups is 1. The summed E-state index contributed by atoms with van der Waals surface area (Å²) in [4.78, 5) is 23.1. The molecule has 0 bridgehead atoms. The molecule has 0 radical (unpaired) electrons. The molecule has 0 atom stereocenters. The van der Waals surface area contributed by atoms with Gasteiger partial charge in [0.15, 0.2) is 5.75 Å². The topological polar surface area (TPSA) is 90.4 Å². The number of rotatable bonds is 1. The Hall–Kier alpha value is -1.49. The van der Waals surface area contributed by atoms with Gasteiger partial charge in [-0.05, 0) is 0 Å². The summed E-state index contributed by atoms with van der Waals surface area (Å²) >= 11 is 0. The van der Waals surface area contributed by atoms with Crippen LogP contribution in [0, 0.1) is 0 Å². The van der Waals surface area contributed by atoms with Crippen molar-refractivity contribution in [1.29, 1.82) is 0 Å². The zero-order chi connectivity index (χ0) is 8.43. The Labute approximate surface area is 73.1 Å². The summed E-state index contributed by atoms with van der Waals surface area (Å²) in [6, 6.07) is 0.817. The van der Waals surface area contributed by atoms with Crippen LogP contribution in [0.1, 0.15) is 10.5 Å². The quantitative estimate of drug-likeness (QED) is 0.592. The predicted molar refractivity (Wildman–Crippen MR) is 42.9 cm³/mol. The zero-order valence-corrected chi connectivity index (χ0v) is 6.59. The molecule has 0 aliphatic carbocycles. The molecule has 3 N–H and O–H groups in total. The molecule has 0 amide bonds. The number of H-pyrrole nitrogens is 1. The summed E-state index contributed by atoms with van der Waals surface area (Å²) in [5, 5.41) is 17.0. The van der Waals surface area contributed by atoms with E-state index in [-0.39, 0.29) is 18.1 Å². The third kappa shape index (κ3) is 2.00. The minimum atomic E-state index is -1.23. The van der Waals surface area contributed by atoms with Crippen molar-refractivity contribution in [1.82, 2.24) is 4.98 Å². The van der Waals surface area contributed by atoms with Crippen LogP contribution in [-0.2, 0) is 0 Å². The molecule has 66 valence electrons. The highest BCUT2D eigenvalue weighted by molar-refractivity contribution is 5.85. The number of carboxylic acid groups (broad SMARTS) is 1. The van der Waals surface area contributed by atoms with E-state index in [9.17, 15) is 9.59 Å². The molecule has 0 saturated heterocycles. The molecular formula is C6H6ClNO4. The van der Waals surface area contributed by atoms with Gasteiger partial charge in [0.25, 0.3) is 0 Å². The third-order valence-electron chi connectivity index (χ3n) is 1.12. The first kappa shape index (κ1) is 10.5. The van der Waals surface area contributed by atoms with Crippen molar-refractivity contribution < 1.29 is 15.0 Å². The number of hydrogen-bond donors (Lipinski definition) is 3. The molecule has 0 aliphatic rings. The SMILES string of the molecule is Cl.O=C(O)c1cc(=O)c(O)c[nH]1. The summed E-state index contributed by atoms with van der Waals surface area (Å²) in [5.74, 6) is -1.72. The van der Waals surface area contributed by atoms with Gasteiger partial charge in [-0.25, -0.2) is 4.79 Å². The monoisotopic (exact) mass is 191 g/mol. The van der Waals surface area contributed by atoms with Gasteiger partial charge >= 0.3 is 5.97 Å². The first-order chi connectivity index (χ1) is 5.11. The Morgan fingerprint density at radius 2 is 2.08 bits per heavy atom. The van der Waals surface area contributed by atoms with Gasteiger partial charge in [0.1, 0.15) is 5.69 Å². The van der Waals surface area contributed by atoms with Gasteiger partial charge in [0.2, 0.25) is 5.43 Å². The van der Waals surface area contributed by atoms with E-state index in [4.69, 9.17) is 10.2 Å². The van der Waals surface area contributed by atoms with E-state index >= 15 is 0 Å². The third-order valence-corrected chi connectivity index (χ3v) is 1.12. The average Bonchev–Trinajstić information content (AvgIpc) is 1.94. The highest BCUT2D eigenvalue weighted by Crippen LogP contribution is 1.97. The van der Waals surface area contributed by atoms with Crippen LogP contribution in [0.2, 0.25) is 0 Å². The largest absolute Gasteiger partial charge is 0.503 e. The fourth-order valence-electron chi connectivity index (χ4n) is 0.587.